The van der Waals surface area contributed by atoms with E-state index in [1.54, 1.807) is 18.2 Å². The van der Waals surface area contributed by atoms with Gasteiger partial charge in [0.15, 0.2) is 18.1 Å². The summed E-state index contributed by atoms with van der Waals surface area (Å²) in [6.45, 7) is -0.874. The summed E-state index contributed by atoms with van der Waals surface area (Å²) in [5, 5.41) is 20.3. The largest absolute Gasteiger partial charge is 0.481 e. The highest BCUT2D eigenvalue weighted by molar-refractivity contribution is 6.30. The zero-order valence-corrected chi connectivity index (χ0v) is 26.8. The molecule has 1 aromatic heterocycles. The summed E-state index contributed by atoms with van der Waals surface area (Å²) >= 11 is 5.88. The third-order valence-corrected chi connectivity index (χ3v) is 8.24. The van der Waals surface area contributed by atoms with Crippen molar-refractivity contribution in [2.24, 2.45) is 0 Å². The van der Waals surface area contributed by atoms with Crippen LogP contribution in [-0.4, -0.2) is 91.6 Å². The van der Waals surface area contributed by atoms with Crippen LogP contribution >= 0.6 is 11.6 Å². The number of halogens is 4. The van der Waals surface area contributed by atoms with Crippen LogP contribution in [0, 0.1) is 0 Å². The van der Waals surface area contributed by atoms with Crippen molar-refractivity contribution in [1.82, 2.24) is 30.4 Å². The van der Waals surface area contributed by atoms with Crippen LogP contribution in [0.3, 0.4) is 0 Å². The van der Waals surface area contributed by atoms with E-state index < -0.39 is 84.3 Å². The first-order valence-corrected chi connectivity index (χ1v) is 15.7. The van der Waals surface area contributed by atoms with Gasteiger partial charge in [0.2, 0.25) is 17.7 Å². The van der Waals surface area contributed by atoms with Gasteiger partial charge in [0, 0.05) is 29.6 Å². The van der Waals surface area contributed by atoms with Crippen LogP contribution in [0.25, 0.3) is 5.69 Å². The van der Waals surface area contributed by atoms with E-state index in [2.05, 4.69) is 15.7 Å². The first kappa shape index (κ1) is 35.8. The van der Waals surface area contributed by atoms with Gasteiger partial charge in [0.25, 0.3) is 11.8 Å². The lowest BCUT2D eigenvalue weighted by molar-refractivity contribution is -0.176. The maximum atomic E-state index is 13.8. The van der Waals surface area contributed by atoms with E-state index in [1.807, 2.05) is 0 Å². The van der Waals surface area contributed by atoms with Crippen molar-refractivity contribution < 1.29 is 51.8 Å². The number of nitrogens with zero attached hydrogens (tertiary/aromatic N) is 4. The number of benzene rings is 2. The SMILES string of the molecule is O=C(O)CC(NC(=O)[C@@H]1CCCN2C(=O)CCC(NC(=O)c3ccccc3)C(=O)N12)C(=O)COc1cc(C(F)(F)F)nn1-c1ccc(Cl)cc1. The minimum absolute atomic E-state index is 0.0334. The molecule has 2 unspecified atom stereocenters. The predicted octanol–water partition coefficient (Wildman–Crippen LogP) is 2.78. The average Bonchev–Trinajstić information content (AvgIpc) is 3.49. The number of fused-ring (bicyclic) bond motifs is 1. The number of carbonyl (C=O) groups is 6. The van der Waals surface area contributed by atoms with Crippen molar-refractivity contribution in [3.8, 4) is 11.6 Å². The molecular weight excluding hydrogens is 689 g/mol. The van der Waals surface area contributed by atoms with Gasteiger partial charge in [-0.3, -0.25) is 33.8 Å². The number of ether oxygens (including phenoxy) is 1. The Hall–Kier alpha value is -5.45. The van der Waals surface area contributed by atoms with Crippen molar-refractivity contribution in [2.45, 2.75) is 56.4 Å². The number of aromatic nitrogens is 2. The van der Waals surface area contributed by atoms with Crippen molar-refractivity contribution >= 4 is 47.0 Å². The molecule has 0 bridgehead atoms. The standard InChI is InChI=1S/C32H30ClF3N6O8/c33-19-8-10-20(11-9-19)41-27(16-25(39-41)32(34,35)36)50-17-24(43)22(15-28(45)46)38-30(48)23-7-4-14-40-26(44)13-12-21(31(49)42(23)40)37-29(47)18-5-2-1-3-6-18/h1-3,5-6,8-11,16,21-23H,4,7,12-15,17H2,(H,37,47)(H,38,48)(H,45,46)/t21?,22?,23-/m0/s1. The Bertz CT molecular complexity index is 1790. The number of amides is 4. The number of hydrogen-bond donors (Lipinski definition) is 3. The van der Waals surface area contributed by atoms with E-state index in [4.69, 9.17) is 16.3 Å². The van der Waals surface area contributed by atoms with Gasteiger partial charge in [0.1, 0.15) is 18.1 Å². The number of rotatable bonds is 11. The van der Waals surface area contributed by atoms with E-state index in [0.717, 1.165) is 14.7 Å². The van der Waals surface area contributed by atoms with Gasteiger partial charge < -0.3 is 20.5 Å². The molecule has 3 heterocycles. The number of nitrogens with one attached hydrogen (secondary N) is 2. The lowest BCUT2D eigenvalue weighted by atomic mass is 10.0. The number of carboxylic acid groups (broad SMARTS) is 1. The molecule has 3 aromatic rings. The Balaban J connectivity index is 1.33. The quantitative estimate of drug-likeness (QED) is 0.269. The van der Waals surface area contributed by atoms with Crippen LogP contribution in [0.5, 0.6) is 5.88 Å². The summed E-state index contributed by atoms with van der Waals surface area (Å²) in [5.74, 6) is -5.78. The predicted molar refractivity (Wildman–Crippen MR) is 167 cm³/mol. The maximum absolute atomic E-state index is 13.8. The molecular formula is C32H30ClF3N6O8. The fourth-order valence-corrected chi connectivity index (χ4v) is 5.67. The number of Topliss-reactive ketones (excluding diaryl/α,β-unsaturated/α-hetero) is 1. The normalized spacial score (nSPS) is 18.5. The number of hydrogen-bond acceptors (Lipinski definition) is 8. The van der Waals surface area contributed by atoms with E-state index in [1.165, 1.54) is 36.4 Å². The van der Waals surface area contributed by atoms with Gasteiger partial charge in [-0.25, -0.2) is 9.69 Å². The van der Waals surface area contributed by atoms with Gasteiger partial charge in [0.05, 0.1) is 12.1 Å². The topological polar surface area (TPSA) is 180 Å². The monoisotopic (exact) mass is 718 g/mol. The molecule has 5 rings (SSSR count). The highest BCUT2D eigenvalue weighted by atomic mass is 35.5. The Labute approximate surface area is 287 Å². The molecule has 0 radical (unpaired) electrons. The molecule has 0 saturated carbocycles. The first-order chi connectivity index (χ1) is 23.7. The molecule has 2 aliphatic rings. The minimum Gasteiger partial charge on any atom is -0.481 e. The second-order valence-corrected chi connectivity index (χ2v) is 11.9. The van der Waals surface area contributed by atoms with Crippen LogP contribution in [0.15, 0.2) is 60.7 Å². The minimum atomic E-state index is -4.87. The highest BCUT2D eigenvalue weighted by Crippen LogP contribution is 2.32. The molecule has 2 fully saturated rings. The summed E-state index contributed by atoms with van der Waals surface area (Å²) in [4.78, 5) is 78.3. The van der Waals surface area contributed by atoms with Gasteiger partial charge in [-0.05, 0) is 55.7 Å². The van der Waals surface area contributed by atoms with Crippen LogP contribution in [0.2, 0.25) is 5.02 Å². The third-order valence-electron chi connectivity index (χ3n) is 7.99. The van der Waals surface area contributed by atoms with Gasteiger partial charge in [-0.15, -0.1) is 0 Å². The zero-order chi connectivity index (χ0) is 36.2. The van der Waals surface area contributed by atoms with Gasteiger partial charge in [-0.2, -0.15) is 18.3 Å². The molecule has 2 aromatic carbocycles. The third kappa shape index (κ3) is 8.22. The smallest absolute Gasteiger partial charge is 0.435 e. The summed E-state index contributed by atoms with van der Waals surface area (Å²) in [7, 11) is 0. The molecule has 3 N–H and O–H groups in total. The average molecular weight is 719 g/mol. The number of carboxylic acids is 1. The van der Waals surface area contributed by atoms with Crippen molar-refractivity contribution in [2.75, 3.05) is 13.2 Å². The second kappa shape index (κ2) is 15.0. The summed E-state index contributed by atoms with van der Waals surface area (Å²) in [6, 6.07) is 9.83. The maximum Gasteiger partial charge on any atom is 0.435 e. The molecule has 264 valence electrons. The highest BCUT2D eigenvalue weighted by Gasteiger charge is 2.45. The second-order valence-electron chi connectivity index (χ2n) is 11.5. The molecule has 2 aliphatic heterocycles. The van der Waals surface area contributed by atoms with Crippen molar-refractivity contribution in [3.05, 3.63) is 76.9 Å². The molecule has 14 nitrogen and oxygen atoms in total. The molecule has 3 atom stereocenters. The summed E-state index contributed by atoms with van der Waals surface area (Å²) in [6.07, 6.45) is -5.65. The summed E-state index contributed by atoms with van der Waals surface area (Å²) < 4.78 is 46.7. The molecule has 0 aliphatic carbocycles. The Kier molecular flexibility index (Phi) is 10.7. The number of hydrazine groups is 1. The number of carbonyl (C=O) groups excluding carboxylic acids is 5. The fourth-order valence-electron chi connectivity index (χ4n) is 5.54. The summed E-state index contributed by atoms with van der Waals surface area (Å²) in [5.41, 5.74) is -0.953. The lowest BCUT2D eigenvalue weighted by Gasteiger charge is -2.43. The van der Waals surface area contributed by atoms with E-state index in [0.29, 0.717) is 11.1 Å². The molecule has 18 heteroatoms. The van der Waals surface area contributed by atoms with Crippen LogP contribution in [-0.2, 0) is 30.1 Å². The Morgan fingerprint density at radius 2 is 1.74 bits per heavy atom. The van der Waals surface area contributed by atoms with E-state index >= 15 is 0 Å². The Morgan fingerprint density at radius 3 is 2.40 bits per heavy atom. The molecule has 2 saturated heterocycles. The zero-order valence-electron chi connectivity index (χ0n) is 26.1. The number of ketones is 1. The Morgan fingerprint density at radius 1 is 1.04 bits per heavy atom. The molecule has 50 heavy (non-hydrogen) atoms. The van der Waals surface area contributed by atoms with Crippen molar-refractivity contribution in [3.63, 3.8) is 0 Å². The van der Waals surface area contributed by atoms with Crippen LogP contribution in [0.4, 0.5) is 13.2 Å². The lowest BCUT2D eigenvalue weighted by Crippen LogP contribution is -2.64. The van der Waals surface area contributed by atoms with Crippen LogP contribution < -0.4 is 15.4 Å². The van der Waals surface area contributed by atoms with Crippen LogP contribution in [0.1, 0.15) is 48.2 Å². The molecule has 0 spiro atoms. The van der Waals surface area contributed by atoms with Crippen molar-refractivity contribution in [1.29, 1.82) is 0 Å². The molecule has 4 amide bonds. The number of aliphatic carboxylic acids is 1. The van der Waals surface area contributed by atoms with E-state index in [9.17, 15) is 47.0 Å². The van der Waals surface area contributed by atoms with Gasteiger partial charge >= 0.3 is 12.1 Å². The first-order valence-electron chi connectivity index (χ1n) is 15.3. The fraction of sp³-hybridized carbons (Fsp3) is 0.344. The number of alkyl halides is 3. The van der Waals surface area contributed by atoms with E-state index in [-0.39, 0.29) is 43.5 Å². The van der Waals surface area contributed by atoms with Gasteiger partial charge in [-0.1, -0.05) is 29.8 Å².